The molecule has 0 saturated heterocycles. The molecule has 2 N–H and O–H groups in total. The molecular formula is C18H27F2N. The van der Waals surface area contributed by atoms with Crippen LogP contribution in [-0.2, 0) is 0 Å². The van der Waals surface area contributed by atoms with E-state index in [-0.39, 0.29) is 23.8 Å². The first kappa shape index (κ1) is 14.2. The second kappa shape index (κ2) is 4.53. The van der Waals surface area contributed by atoms with Gasteiger partial charge in [0.2, 0.25) is 0 Å². The van der Waals surface area contributed by atoms with Crippen LogP contribution in [0.15, 0.2) is 11.6 Å². The van der Waals surface area contributed by atoms with Crippen molar-refractivity contribution in [1.82, 2.24) is 0 Å². The predicted molar refractivity (Wildman–Crippen MR) is 80.0 cm³/mol. The summed E-state index contributed by atoms with van der Waals surface area (Å²) in [5, 5.41) is 0. The SMILES string of the molecule is C[C@]12CC[C@H]3[C@@H](CC=C4CCCC(F)(F)[C@@H]43)[C@@H]1CC[C@@H]2N. The molecule has 0 radical (unpaired) electrons. The lowest BCUT2D eigenvalue weighted by Gasteiger charge is -2.54. The van der Waals surface area contributed by atoms with E-state index in [0.29, 0.717) is 18.3 Å². The Morgan fingerprint density at radius 3 is 2.76 bits per heavy atom. The van der Waals surface area contributed by atoms with Crippen molar-refractivity contribution in [3.8, 4) is 0 Å². The molecule has 4 rings (SSSR count). The molecule has 4 aliphatic carbocycles. The van der Waals surface area contributed by atoms with Crippen LogP contribution < -0.4 is 5.73 Å². The molecule has 0 aromatic carbocycles. The largest absolute Gasteiger partial charge is 0.327 e. The Kier molecular flexibility index (Phi) is 3.06. The van der Waals surface area contributed by atoms with Gasteiger partial charge in [0, 0.05) is 18.4 Å². The third-order valence-corrected chi connectivity index (χ3v) is 7.48. The maximum atomic E-state index is 14.6. The van der Waals surface area contributed by atoms with Crippen LogP contribution in [0.5, 0.6) is 0 Å². The summed E-state index contributed by atoms with van der Waals surface area (Å²) in [5.41, 5.74) is 7.65. The van der Waals surface area contributed by atoms with Gasteiger partial charge in [0.1, 0.15) is 0 Å². The molecule has 3 saturated carbocycles. The monoisotopic (exact) mass is 295 g/mol. The van der Waals surface area contributed by atoms with Crippen LogP contribution in [0.1, 0.15) is 58.3 Å². The fourth-order valence-electron chi connectivity index (χ4n) is 6.33. The van der Waals surface area contributed by atoms with Crippen LogP contribution in [0.25, 0.3) is 0 Å². The molecule has 0 spiro atoms. The first-order valence-corrected chi connectivity index (χ1v) is 8.76. The molecule has 0 heterocycles. The number of halogens is 2. The zero-order valence-corrected chi connectivity index (χ0v) is 13.0. The van der Waals surface area contributed by atoms with Gasteiger partial charge in [0.05, 0.1) is 0 Å². The second-order valence-electron chi connectivity index (χ2n) is 8.27. The topological polar surface area (TPSA) is 26.0 Å². The van der Waals surface area contributed by atoms with Crippen LogP contribution >= 0.6 is 0 Å². The van der Waals surface area contributed by atoms with Crippen LogP contribution in [0.2, 0.25) is 0 Å². The summed E-state index contributed by atoms with van der Waals surface area (Å²) < 4.78 is 29.1. The maximum Gasteiger partial charge on any atom is 0.254 e. The van der Waals surface area contributed by atoms with E-state index in [1.54, 1.807) is 0 Å². The number of fused-ring (bicyclic) bond motifs is 5. The molecule has 118 valence electrons. The summed E-state index contributed by atoms with van der Waals surface area (Å²) >= 11 is 0. The maximum absolute atomic E-state index is 14.6. The average Bonchev–Trinajstić information content (AvgIpc) is 2.74. The van der Waals surface area contributed by atoms with E-state index in [4.69, 9.17) is 5.73 Å². The molecule has 1 nitrogen and oxygen atoms in total. The van der Waals surface area contributed by atoms with Gasteiger partial charge in [0.15, 0.2) is 0 Å². The normalized spacial score (nSPS) is 51.6. The van der Waals surface area contributed by atoms with Gasteiger partial charge < -0.3 is 5.73 Å². The molecule has 0 amide bonds. The third kappa shape index (κ3) is 1.89. The van der Waals surface area contributed by atoms with Gasteiger partial charge in [-0.3, -0.25) is 0 Å². The van der Waals surface area contributed by atoms with Gasteiger partial charge >= 0.3 is 0 Å². The molecular weight excluding hydrogens is 268 g/mol. The van der Waals surface area contributed by atoms with Crippen molar-refractivity contribution in [2.75, 3.05) is 0 Å². The zero-order valence-electron chi connectivity index (χ0n) is 13.0. The Balaban J connectivity index is 1.69. The summed E-state index contributed by atoms with van der Waals surface area (Å²) in [5.74, 6) is -1.69. The lowest BCUT2D eigenvalue weighted by molar-refractivity contribution is -0.120. The molecule has 21 heavy (non-hydrogen) atoms. The molecule has 0 bridgehead atoms. The molecule has 3 heteroatoms. The number of nitrogens with two attached hydrogens (primary N) is 1. The Hall–Kier alpha value is -0.440. The Morgan fingerprint density at radius 1 is 1.14 bits per heavy atom. The number of hydrogen-bond acceptors (Lipinski definition) is 1. The molecule has 4 aliphatic rings. The van der Waals surface area contributed by atoms with Gasteiger partial charge in [-0.15, -0.1) is 0 Å². The van der Waals surface area contributed by atoms with Gasteiger partial charge in [-0.25, -0.2) is 8.78 Å². The van der Waals surface area contributed by atoms with Crippen LogP contribution in [0.3, 0.4) is 0 Å². The van der Waals surface area contributed by atoms with E-state index in [1.807, 2.05) is 0 Å². The molecule has 3 fully saturated rings. The Morgan fingerprint density at radius 2 is 1.95 bits per heavy atom. The van der Waals surface area contributed by atoms with Crippen molar-refractivity contribution in [2.45, 2.75) is 70.3 Å². The number of alkyl halides is 2. The highest BCUT2D eigenvalue weighted by Crippen LogP contribution is 2.62. The van der Waals surface area contributed by atoms with Crippen molar-refractivity contribution in [3.63, 3.8) is 0 Å². The van der Waals surface area contributed by atoms with Crippen molar-refractivity contribution >= 4 is 0 Å². The fourth-order valence-corrected chi connectivity index (χ4v) is 6.33. The first-order chi connectivity index (χ1) is 9.93. The van der Waals surface area contributed by atoms with E-state index in [9.17, 15) is 8.78 Å². The molecule has 0 unspecified atom stereocenters. The van der Waals surface area contributed by atoms with Crippen molar-refractivity contribution in [2.24, 2.45) is 34.8 Å². The standard InChI is InChI=1S/C18H27F2N/c1-17-10-8-13-12(14(17)6-7-15(17)21)5-4-11-3-2-9-18(19,20)16(11)13/h4,12-16H,2-3,5-10,21H2,1H3/t12-,13+,14+,15+,16+,17+/m1/s1. The second-order valence-corrected chi connectivity index (χ2v) is 8.27. The highest BCUT2D eigenvalue weighted by molar-refractivity contribution is 5.22. The lowest BCUT2D eigenvalue weighted by atomic mass is 9.52. The van der Waals surface area contributed by atoms with Crippen LogP contribution in [-0.4, -0.2) is 12.0 Å². The van der Waals surface area contributed by atoms with E-state index >= 15 is 0 Å². The summed E-state index contributed by atoms with van der Waals surface area (Å²) in [6.07, 6.45) is 9.14. The van der Waals surface area contributed by atoms with Crippen LogP contribution in [0, 0.1) is 29.1 Å². The van der Waals surface area contributed by atoms with Crippen molar-refractivity contribution in [3.05, 3.63) is 11.6 Å². The summed E-state index contributed by atoms with van der Waals surface area (Å²) in [7, 11) is 0. The van der Waals surface area contributed by atoms with Gasteiger partial charge in [-0.05, 0) is 68.1 Å². The van der Waals surface area contributed by atoms with Gasteiger partial charge in [-0.1, -0.05) is 18.6 Å². The molecule has 6 atom stereocenters. The summed E-state index contributed by atoms with van der Waals surface area (Å²) in [6, 6.07) is 0.278. The minimum absolute atomic E-state index is 0.0969. The quantitative estimate of drug-likeness (QED) is 0.653. The lowest BCUT2D eigenvalue weighted by Crippen LogP contribution is -2.52. The van der Waals surface area contributed by atoms with Crippen molar-refractivity contribution < 1.29 is 8.78 Å². The van der Waals surface area contributed by atoms with E-state index in [0.717, 1.165) is 44.1 Å². The van der Waals surface area contributed by atoms with E-state index in [2.05, 4.69) is 13.0 Å². The summed E-state index contributed by atoms with van der Waals surface area (Å²) in [6.45, 7) is 2.32. The Bertz CT molecular complexity index is 472. The molecule has 0 aliphatic heterocycles. The van der Waals surface area contributed by atoms with Crippen LogP contribution in [0.4, 0.5) is 8.78 Å². The number of rotatable bonds is 0. The first-order valence-electron chi connectivity index (χ1n) is 8.76. The summed E-state index contributed by atoms with van der Waals surface area (Å²) in [4.78, 5) is 0. The minimum Gasteiger partial charge on any atom is -0.327 e. The van der Waals surface area contributed by atoms with Gasteiger partial charge in [0.25, 0.3) is 5.92 Å². The highest BCUT2D eigenvalue weighted by atomic mass is 19.3. The smallest absolute Gasteiger partial charge is 0.254 e. The Labute approximate surface area is 126 Å². The van der Waals surface area contributed by atoms with E-state index < -0.39 is 11.8 Å². The van der Waals surface area contributed by atoms with E-state index in [1.165, 1.54) is 0 Å². The fraction of sp³-hybridized carbons (Fsp3) is 0.889. The molecule has 0 aromatic heterocycles. The zero-order chi connectivity index (χ0) is 14.8. The number of allylic oxidation sites excluding steroid dienone is 2. The number of hydrogen-bond donors (Lipinski definition) is 1. The predicted octanol–water partition coefficient (Wildman–Crippen LogP) is 4.52. The van der Waals surface area contributed by atoms with Gasteiger partial charge in [-0.2, -0.15) is 0 Å². The minimum atomic E-state index is -2.47. The highest BCUT2D eigenvalue weighted by Gasteiger charge is 2.59. The van der Waals surface area contributed by atoms with Crippen molar-refractivity contribution in [1.29, 1.82) is 0 Å². The average molecular weight is 295 g/mol. The molecule has 0 aromatic rings. The third-order valence-electron chi connectivity index (χ3n) is 7.48.